The topological polar surface area (TPSA) is 92.7 Å². The molecule has 0 aliphatic carbocycles. The molecule has 0 unspecified atom stereocenters. The number of pyridine rings is 1. The summed E-state index contributed by atoms with van der Waals surface area (Å²) in [5.74, 6) is -0.771. The smallest absolute Gasteiger partial charge is 0.283 e. The highest BCUT2D eigenvalue weighted by Crippen LogP contribution is 2.23. The summed E-state index contributed by atoms with van der Waals surface area (Å²) in [6, 6.07) is 10.5. The van der Waals surface area contributed by atoms with Crippen molar-refractivity contribution < 1.29 is 9.18 Å². The minimum absolute atomic E-state index is 0.0201. The van der Waals surface area contributed by atoms with E-state index >= 15 is 0 Å². The lowest BCUT2D eigenvalue weighted by Gasteiger charge is -2.12. The first kappa shape index (κ1) is 20.1. The van der Waals surface area contributed by atoms with E-state index in [9.17, 15) is 14.0 Å². The van der Waals surface area contributed by atoms with Gasteiger partial charge in [0.25, 0.3) is 5.56 Å². The number of aromatic amines is 1. The zero-order chi connectivity index (χ0) is 21.3. The zero-order valence-electron chi connectivity index (χ0n) is 15.6. The number of hydrogen-bond donors (Lipinski definition) is 2. The van der Waals surface area contributed by atoms with Gasteiger partial charge in [0.05, 0.1) is 22.6 Å². The molecule has 30 heavy (non-hydrogen) atoms. The van der Waals surface area contributed by atoms with Crippen molar-refractivity contribution in [3.8, 4) is 5.69 Å². The van der Waals surface area contributed by atoms with Crippen molar-refractivity contribution in [1.29, 1.82) is 0 Å². The monoisotopic (exact) mass is 443 g/mol. The van der Waals surface area contributed by atoms with Gasteiger partial charge in [-0.2, -0.15) is 0 Å². The first-order valence-corrected chi connectivity index (χ1v) is 10.2. The van der Waals surface area contributed by atoms with Crippen LogP contribution in [0.4, 0.5) is 10.1 Å². The molecule has 1 amide bonds. The Balaban J connectivity index is 1.68. The summed E-state index contributed by atoms with van der Waals surface area (Å²) >= 11 is 7.05. The Morgan fingerprint density at radius 2 is 2.07 bits per heavy atom. The van der Waals surface area contributed by atoms with Crippen molar-refractivity contribution in [1.82, 2.24) is 19.5 Å². The number of carbonyl (C=O) groups is 1. The summed E-state index contributed by atoms with van der Waals surface area (Å²) in [7, 11) is 0. The third-order valence-electron chi connectivity index (χ3n) is 4.21. The van der Waals surface area contributed by atoms with Crippen LogP contribution >= 0.6 is 23.4 Å². The van der Waals surface area contributed by atoms with Crippen LogP contribution < -0.4 is 10.9 Å². The standard InChI is InChI=1S/C20H15ClFN5O2S/c1-11-9-15-17(24-11)19(29)27(13-6-4-12(22)5-7-13)20(26-15)30-10-16(28)25-14-3-2-8-23-18(14)21/h2-9,24H,10H2,1H3,(H,25,28). The number of nitrogens with one attached hydrogen (secondary N) is 2. The number of carbonyl (C=O) groups excluding carboxylic acids is 1. The summed E-state index contributed by atoms with van der Waals surface area (Å²) in [5, 5.41) is 3.17. The Hall–Kier alpha value is -3.17. The predicted molar refractivity (Wildman–Crippen MR) is 115 cm³/mol. The van der Waals surface area contributed by atoms with Gasteiger partial charge in [0.2, 0.25) is 5.91 Å². The number of rotatable bonds is 5. The number of thioether (sulfide) groups is 1. The van der Waals surface area contributed by atoms with E-state index in [1.165, 1.54) is 35.0 Å². The van der Waals surface area contributed by atoms with Gasteiger partial charge in [-0.15, -0.1) is 0 Å². The second kappa shape index (κ2) is 8.29. The molecule has 0 radical (unpaired) electrons. The van der Waals surface area contributed by atoms with Gasteiger partial charge in [0.1, 0.15) is 11.3 Å². The SMILES string of the molecule is Cc1cc2nc(SCC(=O)Nc3cccnc3Cl)n(-c3ccc(F)cc3)c(=O)c2[nH]1. The zero-order valence-corrected chi connectivity index (χ0v) is 17.2. The van der Waals surface area contributed by atoms with Crippen molar-refractivity contribution >= 4 is 46.0 Å². The van der Waals surface area contributed by atoms with Gasteiger partial charge in [-0.3, -0.25) is 14.2 Å². The Kier molecular flexibility index (Phi) is 5.56. The Bertz CT molecular complexity index is 1300. The number of fused-ring (bicyclic) bond motifs is 1. The highest BCUT2D eigenvalue weighted by atomic mass is 35.5. The van der Waals surface area contributed by atoms with Crippen LogP contribution in [0.3, 0.4) is 0 Å². The van der Waals surface area contributed by atoms with Crippen LogP contribution in [0, 0.1) is 12.7 Å². The van der Waals surface area contributed by atoms with Crippen molar-refractivity contribution in [2.75, 3.05) is 11.1 Å². The van der Waals surface area contributed by atoms with Gasteiger partial charge < -0.3 is 10.3 Å². The lowest BCUT2D eigenvalue weighted by atomic mass is 10.3. The number of anilines is 1. The lowest BCUT2D eigenvalue weighted by molar-refractivity contribution is -0.113. The van der Waals surface area contributed by atoms with E-state index in [1.54, 1.807) is 18.2 Å². The molecule has 7 nitrogen and oxygen atoms in total. The fourth-order valence-corrected chi connectivity index (χ4v) is 3.87. The number of H-pyrrole nitrogens is 1. The van der Waals surface area contributed by atoms with E-state index in [0.717, 1.165) is 17.5 Å². The lowest BCUT2D eigenvalue weighted by Crippen LogP contribution is -2.23. The van der Waals surface area contributed by atoms with Crippen LogP contribution in [0.25, 0.3) is 16.7 Å². The average molecular weight is 444 g/mol. The third kappa shape index (κ3) is 4.07. The molecule has 0 spiro atoms. The summed E-state index contributed by atoms with van der Waals surface area (Å²) in [4.78, 5) is 36.9. The Morgan fingerprint density at radius 1 is 1.30 bits per heavy atom. The molecule has 3 heterocycles. The second-order valence-corrected chi connectivity index (χ2v) is 7.70. The van der Waals surface area contributed by atoms with Crippen LogP contribution in [0.2, 0.25) is 5.15 Å². The molecular formula is C20H15ClFN5O2S. The highest BCUT2D eigenvalue weighted by Gasteiger charge is 2.17. The van der Waals surface area contributed by atoms with Gasteiger partial charge in [0.15, 0.2) is 10.3 Å². The van der Waals surface area contributed by atoms with Gasteiger partial charge in [-0.25, -0.2) is 14.4 Å². The summed E-state index contributed by atoms with van der Waals surface area (Å²) in [5.41, 5.74) is 2.12. The minimum Gasteiger partial charge on any atom is -0.353 e. The molecule has 4 rings (SSSR count). The molecule has 0 saturated carbocycles. The molecule has 0 bridgehead atoms. The van der Waals surface area contributed by atoms with Gasteiger partial charge in [0, 0.05) is 11.9 Å². The van der Waals surface area contributed by atoms with Gasteiger partial charge in [-0.1, -0.05) is 23.4 Å². The molecule has 152 valence electrons. The van der Waals surface area contributed by atoms with Crippen LogP contribution in [0.15, 0.2) is 58.6 Å². The molecule has 0 fully saturated rings. The molecule has 2 N–H and O–H groups in total. The first-order chi connectivity index (χ1) is 14.4. The fourth-order valence-electron chi connectivity index (χ4n) is 2.89. The Labute approximate surface area is 179 Å². The molecule has 0 saturated heterocycles. The van der Waals surface area contributed by atoms with E-state index in [-0.39, 0.29) is 22.4 Å². The van der Waals surface area contributed by atoms with Gasteiger partial charge >= 0.3 is 0 Å². The van der Waals surface area contributed by atoms with E-state index in [2.05, 4.69) is 20.3 Å². The van der Waals surface area contributed by atoms with Crippen molar-refractivity contribution in [3.63, 3.8) is 0 Å². The summed E-state index contributed by atoms with van der Waals surface area (Å²) in [6.07, 6.45) is 1.52. The van der Waals surface area contributed by atoms with E-state index in [1.807, 2.05) is 6.92 Å². The molecule has 10 heteroatoms. The van der Waals surface area contributed by atoms with E-state index < -0.39 is 5.82 Å². The summed E-state index contributed by atoms with van der Waals surface area (Å²) in [6.45, 7) is 1.82. The quantitative estimate of drug-likeness (QED) is 0.277. The van der Waals surface area contributed by atoms with Gasteiger partial charge in [-0.05, 0) is 49.4 Å². The largest absolute Gasteiger partial charge is 0.353 e. The fraction of sp³-hybridized carbons (Fsp3) is 0.100. The first-order valence-electron chi connectivity index (χ1n) is 8.84. The maximum atomic E-state index is 13.4. The van der Waals surface area contributed by atoms with Crippen LogP contribution in [-0.2, 0) is 4.79 Å². The number of hydrogen-bond acceptors (Lipinski definition) is 5. The predicted octanol–water partition coefficient (Wildman–Crippen LogP) is 3.94. The third-order valence-corrected chi connectivity index (χ3v) is 5.45. The molecule has 1 aromatic carbocycles. The normalized spacial score (nSPS) is 11.0. The van der Waals surface area contributed by atoms with Crippen molar-refractivity contribution in [2.24, 2.45) is 0 Å². The van der Waals surface area contributed by atoms with Crippen LogP contribution in [0.1, 0.15) is 5.69 Å². The van der Waals surface area contributed by atoms with Crippen LogP contribution in [0.5, 0.6) is 0 Å². The van der Waals surface area contributed by atoms with E-state index in [0.29, 0.717) is 27.6 Å². The number of amides is 1. The maximum Gasteiger partial charge on any atom is 0.283 e. The minimum atomic E-state index is -0.418. The molecule has 0 aliphatic rings. The number of aryl methyl sites for hydroxylation is 1. The van der Waals surface area contributed by atoms with Crippen molar-refractivity contribution in [3.05, 3.63) is 75.7 Å². The van der Waals surface area contributed by atoms with E-state index in [4.69, 9.17) is 11.6 Å². The second-order valence-electron chi connectivity index (χ2n) is 6.40. The molecule has 4 aromatic rings. The Morgan fingerprint density at radius 3 is 2.80 bits per heavy atom. The molecule has 0 aliphatic heterocycles. The average Bonchev–Trinajstić information content (AvgIpc) is 3.10. The number of aromatic nitrogens is 4. The number of halogens is 2. The maximum absolute atomic E-state index is 13.4. The molecular weight excluding hydrogens is 429 g/mol. The highest BCUT2D eigenvalue weighted by molar-refractivity contribution is 7.99. The molecule has 0 atom stereocenters. The molecule has 3 aromatic heterocycles. The van der Waals surface area contributed by atoms with Crippen molar-refractivity contribution in [2.45, 2.75) is 12.1 Å². The summed E-state index contributed by atoms with van der Waals surface area (Å²) < 4.78 is 14.7. The van der Waals surface area contributed by atoms with Crippen LogP contribution in [-0.4, -0.2) is 31.2 Å². The number of benzene rings is 1. The number of nitrogens with zero attached hydrogens (tertiary/aromatic N) is 3.